The highest BCUT2D eigenvalue weighted by Crippen LogP contribution is 2.41. The van der Waals surface area contributed by atoms with Crippen LogP contribution in [0.1, 0.15) is 40.9 Å². The molecule has 0 bridgehead atoms. The van der Waals surface area contributed by atoms with Gasteiger partial charge in [-0.05, 0) is 43.2 Å². The van der Waals surface area contributed by atoms with Crippen LogP contribution in [0.25, 0.3) is 0 Å². The van der Waals surface area contributed by atoms with Crippen LogP contribution >= 0.6 is 0 Å². The standard InChI is InChI=1S/C17H17FO2/c1-10-3-4-11(2)13(7-10)17-9-15(19)14-8-12(18)5-6-16(14)20-17/h3-8,15,17,19H,9H2,1-2H3/t15-,17?/m0/s1. The van der Waals surface area contributed by atoms with Gasteiger partial charge in [0.25, 0.3) is 0 Å². The molecule has 1 N–H and O–H groups in total. The largest absolute Gasteiger partial charge is 0.485 e. The van der Waals surface area contributed by atoms with Crippen molar-refractivity contribution in [1.29, 1.82) is 0 Å². The van der Waals surface area contributed by atoms with Crippen molar-refractivity contribution in [3.63, 3.8) is 0 Å². The highest BCUT2D eigenvalue weighted by Gasteiger charge is 2.29. The van der Waals surface area contributed by atoms with Gasteiger partial charge in [0.05, 0.1) is 6.10 Å². The Morgan fingerprint density at radius 1 is 1.10 bits per heavy atom. The van der Waals surface area contributed by atoms with Crippen molar-refractivity contribution in [2.24, 2.45) is 0 Å². The Balaban J connectivity index is 1.99. The normalized spacial score (nSPS) is 21.2. The summed E-state index contributed by atoms with van der Waals surface area (Å²) in [7, 11) is 0. The van der Waals surface area contributed by atoms with Crippen molar-refractivity contribution in [3.05, 3.63) is 64.5 Å². The van der Waals surface area contributed by atoms with E-state index >= 15 is 0 Å². The van der Waals surface area contributed by atoms with E-state index in [4.69, 9.17) is 4.74 Å². The van der Waals surface area contributed by atoms with Crippen molar-refractivity contribution in [2.75, 3.05) is 0 Å². The number of hydrogen-bond donors (Lipinski definition) is 1. The first kappa shape index (κ1) is 13.1. The molecule has 0 aromatic heterocycles. The summed E-state index contributed by atoms with van der Waals surface area (Å²) in [6.07, 6.45) is -0.442. The zero-order valence-corrected chi connectivity index (χ0v) is 11.6. The molecule has 1 heterocycles. The molecule has 20 heavy (non-hydrogen) atoms. The minimum Gasteiger partial charge on any atom is -0.485 e. The van der Waals surface area contributed by atoms with Crippen LogP contribution in [0.5, 0.6) is 5.75 Å². The van der Waals surface area contributed by atoms with Gasteiger partial charge in [-0.1, -0.05) is 23.8 Å². The van der Waals surface area contributed by atoms with E-state index in [1.807, 2.05) is 13.8 Å². The quantitative estimate of drug-likeness (QED) is 0.850. The Bertz CT molecular complexity index is 651. The molecule has 0 aliphatic carbocycles. The van der Waals surface area contributed by atoms with Crippen LogP contribution in [0.4, 0.5) is 4.39 Å². The summed E-state index contributed by atoms with van der Waals surface area (Å²) in [5.74, 6) is 0.215. The van der Waals surface area contributed by atoms with E-state index in [-0.39, 0.29) is 11.9 Å². The number of fused-ring (bicyclic) bond motifs is 1. The van der Waals surface area contributed by atoms with E-state index in [1.165, 1.54) is 12.1 Å². The molecule has 0 saturated carbocycles. The minimum absolute atomic E-state index is 0.192. The molecule has 2 aromatic carbocycles. The van der Waals surface area contributed by atoms with Gasteiger partial charge in [-0.15, -0.1) is 0 Å². The van der Waals surface area contributed by atoms with Gasteiger partial charge >= 0.3 is 0 Å². The van der Waals surface area contributed by atoms with E-state index in [0.717, 1.165) is 16.7 Å². The number of aliphatic hydroxyl groups excluding tert-OH is 1. The Morgan fingerprint density at radius 3 is 2.70 bits per heavy atom. The van der Waals surface area contributed by atoms with Crippen LogP contribution in [0.2, 0.25) is 0 Å². The lowest BCUT2D eigenvalue weighted by atomic mass is 9.92. The SMILES string of the molecule is Cc1ccc(C)c(C2C[C@H](O)c3cc(F)ccc3O2)c1. The van der Waals surface area contributed by atoms with Crippen molar-refractivity contribution in [1.82, 2.24) is 0 Å². The average Bonchev–Trinajstić information content (AvgIpc) is 2.42. The molecule has 3 rings (SSSR count). The highest BCUT2D eigenvalue weighted by atomic mass is 19.1. The van der Waals surface area contributed by atoms with Crippen LogP contribution in [-0.4, -0.2) is 5.11 Å². The molecule has 0 amide bonds. The second-order valence-electron chi connectivity index (χ2n) is 5.40. The molecule has 1 aliphatic heterocycles. The zero-order valence-electron chi connectivity index (χ0n) is 11.6. The van der Waals surface area contributed by atoms with Crippen LogP contribution in [0.15, 0.2) is 36.4 Å². The first-order chi connectivity index (χ1) is 9.54. The minimum atomic E-state index is -0.695. The Morgan fingerprint density at radius 2 is 1.90 bits per heavy atom. The fourth-order valence-corrected chi connectivity index (χ4v) is 2.72. The molecule has 0 saturated heterocycles. The third kappa shape index (κ3) is 2.29. The summed E-state index contributed by atoms with van der Waals surface area (Å²) in [6, 6.07) is 10.5. The Hall–Kier alpha value is -1.87. The number of rotatable bonds is 1. The number of aryl methyl sites for hydroxylation is 2. The first-order valence-electron chi connectivity index (χ1n) is 6.76. The molecule has 2 nitrogen and oxygen atoms in total. The molecule has 3 heteroatoms. The molecular weight excluding hydrogens is 255 g/mol. The van der Waals surface area contributed by atoms with Crippen molar-refractivity contribution >= 4 is 0 Å². The molecule has 0 spiro atoms. The number of ether oxygens (including phenoxy) is 1. The molecule has 2 aromatic rings. The molecule has 0 radical (unpaired) electrons. The monoisotopic (exact) mass is 272 g/mol. The molecule has 0 fully saturated rings. The zero-order chi connectivity index (χ0) is 14.3. The summed E-state index contributed by atoms with van der Waals surface area (Å²) < 4.78 is 19.2. The first-order valence-corrected chi connectivity index (χ1v) is 6.76. The van der Waals surface area contributed by atoms with Gasteiger partial charge in [0.15, 0.2) is 0 Å². The maximum Gasteiger partial charge on any atom is 0.127 e. The van der Waals surface area contributed by atoms with E-state index < -0.39 is 6.10 Å². The predicted octanol–water partition coefficient (Wildman–Crippen LogP) is 4.00. The van der Waals surface area contributed by atoms with Crippen molar-refractivity contribution < 1.29 is 14.2 Å². The van der Waals surface area contributed by atoms with Gasteiger partial charge in [-0.3, -0.25) is 0 Å². The molecular formula is C17H17FO2. The molecule has 1 aliphatic rings. The molecule has 104 valence electrons. The number of halogens is 1. The van der Waals surface area contributed by atoms with Gasteiger partial charge in [-0.25, -0.2) is 4.39 Å². The van der Waals surface area contributed by atoms with Gasteiger partial charge in [0, 0.05) is 12.0 Å². The van der Waals surface area contributed by atoms with Gasteiger partial charge < -0.3 is 9.84 Å². The van der Waals surface area contributed by atoms with Crippen LogP contribution in [0.3, 0.4) is 0 Å². The van der Waals surface area contributed by atoms with Gasteiger partial charge in [0.1, 0.15) is 17.7 Å². The molecule has 2 atom stereocenters. The summed E-state index contributed by atoms with van der Waals surface area (Å²) >= 11 is 0. The molecule has 1 unspecified atom stereocenters. The Kier molecular flexibility index (Phi) is 3.22. The Labute approximate surface area is 117 Å². The number of hydrogen-bond acceptors (Lipinski definition) is 2. The lowest BCUT2D eigenvalue weighted by Crippen LogP contribution is -2.20. The van der Waals surface area contributed by atoms with Crippen LogP contribution in [-0.2, 0) is 0 Å². The van der Waals surface area contributed by atoms with E-state index in [0.29, 0.717) is 17.7 Å². The maximum atomic E-state index is 13.2. The third-order valence-electron chi connectivity index (χ3n) is 3.82. The summed E-state index contributed by atoms with van der Waals surface area (Å²) in [5, 5.41) is 10.2. The second kappa shape index (κ2) is 4.91. The average molecular weight is 272 g/mol. The lowest BCUT2D eigenvalue weighted by molar-refractivity contribution is 0.0650. The fraction of sp³-hybridized carbons (Fsp3) is 0.294. The van der Waals surface area contributed by atoms with Gasteiger partial charge in [0.2, 0.25) is 0 Å². The summed E-state index contributed by atoms with van der Waals surface area (Å²) in [6.45, 7) is 4.07. The fourth-order valence-electron chi connectivity index (χ4n) is 2.72. The van der Waals surface area contributed by atoms with E-state index in [2.05, 4.69) is 18.2 Å². The number of benzene rings is 2. The van der Waals surface area contributed by atoms with E-state index in [1.54, 1.807) is 6.07 Å². The summed E-state index contributed by atoms with van der Waals surface area (Å²) in [4.78, 5) is 0. The van der Waals surface area contributed by atoms with E-state index in [9.17, 15) is 9.50 Å². The highest BCUT2D eigenvalue weighted by molar-refractivity contribution is 5.40. The third-order valence-corrected chi connectivity index (χ3v) is 3.82. The smallest absolute Gasteiger partial charge is 0.127 e. The predicted molar refractivity (Wildman–Crippen MR) is 75.3 cm³/mol. The van der Waals surface area contributed by atoms with Gasteiger partial charge in [-0.2, -0.15) is 0 Å². The van der Waals surface area contributed by atoms with Crippen LogP contribution in [0, 0.1) is 19.7 Å². The number of aliphatic hydroxyl groups is 1. The second-order valence-corrected chi connectivity index (χ2v) is 5.40. The summed E-state index contributed by atoms with van der Waals surface area (Å²) in [5.41, 5.74) is 3.91. The van der Waals surface area contributed by atoms with Crippen molar-refractivity contribution in [3.8, 4) is 5.75 Å². The lowest BCUT2D eigenvalue weighted by Gasteiger charge is -2.31. The van der Waals surface area contributed by atoms with Crippen LogP contribution < -0.4 is 4.74 Å². The topological polar surface area (TPSA) is 29.5 Å². The maximum absolute atomic E-state index is 13.2. The van der Waals surface area contributed by atoms with Crippen molar-refractivity contribution in [2.45, 2.75) is 32.5 Å².